The van der Waals surface area contributed by atoms with Gasteiger partial charge in [0.05, 0.1) is 0 Å². The van der Waals surface area contributed by atoms with E-state index in [1.165, 1.54) is 0 Å². The quantitative estimate of drug-likeness (QED) is 0.797. The third-order valence-corrected chi connectivity index (χ3v) is 4.79. The highest BCUT2D eigenvalue weighted by atomic mass is 32.2. The van der Waals surface area contributed by atoms with Crippen LogP contribution in [0.25, 0.3) is 0 Å². The van der Waals surface area contributed by atoms with Gasteiger partial charge < -0.3 is 14.8 Å². The summed E-state index contributed by atoms with van der Waals surface area (Å²) in [6, 6.07) is 15.8. The van der Waals surface area contributed by atoms with E-state index in [1.54, 1.807) is 0 Å². The van der Waals surface area contributed by atoms with Crippen LogP contribution < -0.4 is 14.8 Å². The Morgan fingerprint density at radius 3 is 2.77 bits per heavy atom. The summed E-state index contributed by atoms with van der Waals surface area (Å²) in [4.78, 5) is 0. The number of fused-ring (bicyclic) bond motifs is 1. The van der Waals surface area contributed by atoms with Gasteiger partial charge in [-0.15, -0.1) is 0 Å². The van der Waals surface area contributed by atoms with E-state index in [1.807, 2.05) is 48.5 Å². The van der Waals surface area contributed by atoms with Crippen molar-refractivity contribution in [2.45, 2.75) is 12.3 Å². The summed E-state index contributed by atoms with van der Waals surface area (Å²) in [7, 11) is -0.847. The topological polar surface area (TPSA) is 47.6 Å². The molecule has 0 spiro atoms. The number of hydrogen-bond acceptors (Lipinski definition) is 4. The third kappa shape index (κ3) is 3.87. The molecule has 2 aromatic carbocycles. The lowest BCUT2D eigenvalue weighted by atomic mass is 10.2. The predicted octanol–water partition coefficient (Wildman–Crippen LogP) is 2.45. The Kier molecular flexibility index (Phi) is 5.08. The zero-order valence-corrected chi connectivity index (χ0v) is 13.1. The van der Waals surface area contributed by atoms with Crippen LogP contribution >= 0.6 is 0 Å². The standard InChI is InChI=1S/C17H19NO3S/c19-22(12-14-5-2-1-3-6-14)10-9-18-11-15-7-4-8-16-17(15)21-13-20-16/h1-8,18H,9-13H2/t22-/m1/s1. The molecule has 5 heteroatoms. The van der Waals surface area contributed by atoms with E-state index < -0.39 is 10.8 Å². The van der Waals surface area contributed by atoms with Gasteiger partial charge in [0.1, 0.15) is 0 Å². The maximum absolute atomic E-state index is 12.0. The van der Waals surface area contributed by atoms with E-state index in [-0.39, 0.29) is 6.79 Å². The van der Waals surface area contributed by atoms with Gasteiger partial charge in [0.15, 0.2) is 11.5 Å². The van der Waals surface area contributed by atoms with Gasteiger partial charge in [-0.2, -0.15) is 0 Å². The Balaban J connectivity index is 1.42. The lowest BCUT2D eigenvalue weighted by molar-refractivity contribution is 0.173. The molecule has 0 saturated heterocycles. The first-order chi connectivity index (χ1) is 10.8. The Hall–Kier alpha value is -1.85. The van der Waals surface area contributed by atoms with Crippen LogP contribution in [-0.4, -0.2) is 23.3 Å². The van der Waals surface area contributed by atoms with Gasteiger partial charge in [0, 0.05) is 41.0 Å². The molecule has 0 aliphatic carbocycles. The molecular weight excluding hydrogens is 298 g/mol. The van der Waals surface area contributed by atoms with Crippen molar-refractivity contribution < 1.29 is 13.7 Å². The molecule has 2 aromatic rings. The number of nitrogens with one attached hydrogen (secondary N) is 1. The normalized spacial score (nSPS) is 14.0. The van der Waals surface area contributed by atoms with E-state index in [0.717, 1.165) is 22.6 Å². The fourth-order valence-electron chi connectivity index (χ4n) is 2.37. The van der Waals surface area contributed by atoms with Crippen LogP contribution in [0.2, 0.25) is 0 Å². The minimum Gasteiger partial charge on any atom is -0.454 e. The van der Waals surface area contributed by atoms with Gasteiger partial charge in [0.2, 0.25) is 6.79 Å². The fraction of sp³-hybridized carbons (Fsp3) is 0.294. The van der Waals surface area contributed by atoms with E-state index in [2.05, 4.69) is 5.32 Å². The molecule has 0 fully saturated rings. The van der Waals surface area contributed by atoms with Crippen LogP contribution in [0.1, 0.15) is 11.1 Å². The number of benzene rings is 2. The number of ether oxygens (including phenoxy) is 2. The number of hydrogen-bond donors (Lipinski definition) is 1. The number of para-hydroxylation sites is 1. The molecule has 22 heavy (non-hydrogen) atoms. The monoisotopic (exact) mass is 317 g/mol. The zero-order chi connectivity index (χ0) is 15.2. The maximum atomic E-state index is 12.0. The molecule has 0 saturated carbocycles. The van der Waals surface area contributed by atoms with Crippen molar-refractivity contribution in [3.05, 3.63) is 59.7 Å². The summed E-state index contributed by atoms with van der Waals surface area (Å²) >= 11 is 0. The molecule has 0 radical (unpaired) electrons. The highest BCUT2D eigenvalue weighted by Gasteiger charge is 2.16. The van der Waals surface area contributed by atoms with Gasteiger partial charge in [-0.1, -0.05) is 42.5 Å². The Labute approximate surface area is 132 Å². The Bertz CT molecular complexity index is 646. The summed E-state index contributed by atoms with van der Waals surface area (Å²) in [5.74, 6) is 2.87. The minimum absolute atomic E-state index is 0.285. The number of rotatable bonds is 7. The van der Waals surface area contributed by atoms with E-state index >= 15 is 0 Å². The lowest BCUT2D eigenvalue weighted by Crippen LogP contribution is -2.20. The average Bonchev–Trinajstić information content (AvgIpc) is 3.02. The first kappa shape index (κ1) is 15.1. The van der Waals surface area contributed by atoms with Crippen LogP contribution in [0.5, 0.6) is 11.5 Å². The molecule has 116 valence electrons. The minimum atomic E-state index is -0.847. The summed E-state index contributed by atoms with van der Waals surface area (Å²) in [5, 5.41) is 3.32. The van der Waals surface area contributed by atoms with Gasteiger partial charge >= 0.3 is 0 Å². The highest BCUT2D eigenvalue weighted by molar-refractivity contribution is 7.84. The van der Waals surface area contributed by atoms with Crippen molar-refractivity contribution in [1.82, 2.24) is 5.32 Å². The van der Waals surface area contributed by atoms with Crippen LogP contribution in [0.4, 0.5) is 0 Å². The average molecular weight is 317 g/mol. The van der Waals surface area contributed by atoms with Gasteiger partial charge in [-0.25, -0.2) is 0 Å². The molecule has 1 N–H and O–H groups in total. The van der Waals surface area contributed by atoms with E-state index in [0.29, 0.717) is 24.6 Å². The molecule has 3 rings (SSSR count). The van der Waals surface area contributed by atoms with Crippen molar-refractivity contribution in [3.8, 4) is 11.5 Å². The Morgan fingerprint density at radius 2 is 1.91 bits per heavy atom. The van der Waals surface area contributed by atoms with Crippen molar-refractivity contribution in [1.29, 1.82) is 0 Å². The summed E-state index contributed by atoms with van der Waals surface area (Å²) in [6.45, 7) is 1.69. The molecule has 1 atom stereocenters. The molecule has 0 amide bonds. The molecule has 1 aliphatic rings. The SMILES string of the molecule is O=[S@](CCNCc1cccc2c1OCO2)Cc1ccccc1. The molecule has 0 unspecified atom stereocenters. The van der Waals surface area contributed by atoms with Crippen molar-refractivity contribution in [2.75, 3.05) is 19.1 Å². The van der Waals surface area contributed by atoms with E-state index in [9.17, 15) is 4.21 Å². The molecule has 0 aromatic heterocycles. The molecule has 1 heterocycles. The fourth-order valence-corrected chi connectivity index (χ4v) is 3.45. The highest BCUT2D eigenvalue weighted by Crippen LogP contribution is 2.35. The summed E-state index contributed by atoms with van der Waals surface area (Å²) in [6.07, 6.45) is 0. The van der Waals surface area contributed by atoms with Crippen LogP contribution in [0.15, 0.2) is 48.5 Å². The zero-order valence-electron chi connectivity index (χ0n) is 12.3. The second-order valence-corrected chi connectivity index (χ2v) is 6.68. The second-order valence-electron chi connectivity index (χ2n) is 5.10. The Morgan fingerprint density at radius 1 is 1.05 bits per heavy atom. The maximum Gasteiger partial charge on any atom is 0.231 e. The first-order valence-electron chi connectivity index (χ1n) is 7.30. The second kappa shape index (κ2) is 7.42. The van der Waals surface area contributed by atoms with Crippen LogP contribution in [-0.2, 0) is 23.1 Å². The van der Waals surface area contributed by atoms with Gasteiger partial charge in [-0.05, 0) is 11.6 Å². The van der Waals surface area contributed by atoms with Gasteiger partial charge in [-0.3, -0.25) is 4.21 Å². The summed E-state index contributed by atoms with van der Waals surface area (Å²) in [5.41, 5.74) is 2.19. The van der Waals surface area contributed by atoms with Crippen LogP contribution in [0, 0.1) is 0 Å². The van der Waals surface area contributed by atoms with Crippen LogP contribution in [0.3, 0.4) is 0 Å². The summed E-state index contributed by atoms with van der Waals surface area (Å²) < 4.78 is 22.9. The van der Waals surface area contributed by atoms with E-state index in [4.69, 9.17) is 9.47 Å². The lowest BCUT2D eigenvalue weighted by Gasteiger charge is -2.08. The molecule has 4 nitrogen and oxygen atoms in total. The van der Waals surface area contributed by atoms with Crippen molar-refractivity contribution in [3.63, 3.8) is 0 Å². The smallest absolute Gasteiger partial charge is 0.231 e. The first-order valence-corrected chi connectivity index (χ1v) is 8.79. The van der Waals surface area contributed by atoms with Crippen molar-refractivity contribution in [2.24, 2.45) is 0 Å². The molecule has 0 bridgehead atoms. The largest absolute Gasteiger partial charge is 0.454 e. The molecule has 1 aliphatic heterocycles. The van der Waals surface area contributed by atoms with Gasteiger partial charge in [0.25, 0.3) is 0 Å². The van der Waals surface area contributed by atoms with Crippen molar-refractivity contribution >= 4 is 10.8 Å². The molecular formula is C17H19NO3S. The predicted molar refractivity (Wildman–Crippen MR) is 87.4 cm³/mol. The third-order valence-electron chi connectivity index (χ3n) is 3.47.